The van der Waals surface area contributed by atoms with E-state index in [1.165, 1.54) is 11.3 Å². The van der Waals surface area contributed by atoms with Crippen LogP contribution in [0.3, 0.4) is 0 Å². The van der Waals surface area contributed by atoms with E-state index < -0.39 is 27.4 Å². The van der Waals surface area contributed by atoms with Crippen molar-refractivity contribution in [2.75, 3.05) is 6.54 Å². The van der Waals surface area contributed by atoms with Crippen LogP contribution in [-0.2, 0) is 21.8 Å². The first-order valence-electron chi connectivity index (χ1n) is 7.56. The van der Waals surface area contributed by atoms with E-state index in [2.05, 4.69) is 4.72 Å². The molecule has 4 nitrogen and oxygen atoms in total. The summed E-state index contributed by atoms with van der Waals surface area (Å²) in [6.07, 6.45) is -2.92. The Balaban J connectivity index is 1.77. The molecule has 0 spiro atoms. The van der Waals surface area contributed by atoms with Gasteiger partial charge >= 0.3 is 6.18 Å². The molecular formula is C16H16F3NO3S2. The summed E-state index contributed by atoms with van der Waals surface area (Å²) in [7, 11) is -4.03. The first kappa shape index (κ1) is 18.4. The zero-order valence-electron chi connectivity index (χ0n) is 13.0. The standard InChI is InChI=1S/C16H16F3NO3S2/c17-16(18,19)12-5-7-13(8-6-12)25(22,23)20-10-15(21,11-3-4-11)14-2-1-9-24-14/h1-2,5-9,11,20-21H,3-4,10H2. The molecule has 0 aliphatic heterocycles. The van der Waals surface area contributed by atoms with Crippen LogP contribution in [0.1, 0.15) is 23.3 Å². The van der Waals surface area contributed by atoms with Gasteiger partial charge in [0.05, 0.1) is 10.5 Å². The maximum Gasteiger partial charge on any atom is 0.416 e. The molecule has 0 bridgehead atoms. The summed E-state index contributed by atoms with van der Waals surface area (Å²) >= 11 is 1.34. The van der Waals surface area contributed by atoms with Crippen LogP contribution in [0, 0.1) is 5.92 Å². The predicted octanol–water partition coefficient (Wildman–Crippen LogP) is 3.34. The Morgan fingerprint density at radius 2 is 1.80 bits per heavy atom. The first-order valence-corrected chi connectivity index (χ1v) is 9.92. The van der Waals surface area contributed by atoms with Gasteiger partial charge in [-0.15, -0.1) is 11.3 Å². The highest BCUT2D eigenvalue weighted by Gasteiger charge is 2.46. The summed E-state index contributed by atoms with van der Waals surface area (Å²) in [6, 6.07) is 6.79. The Hall–Kier alpha value is -1.42. The second-order valence-corrected chi connectivity index (χ2v) is 8.74. The van der Waals surface area contributed by atoms with Gasteiger partial charge in [-0.2, -0.15) is 13.2 Å². The fraction of sp³-hybridized carbons (Fsp3) is 0.375. The zero-order chi connectivity index (χ0) is 18.3. The number of nitrogens with one attached hydrogen (secondary N) is 1. The third-order valence-corrected chi connectivity index (χ3v) is 6.68. The number of hydrogen-bond acceptors (Lipinski definition) is 4. The van der Waals surface area contributed by atoms with Gasteiger partial charge < -0.3 is 5.11 Å². The number of thiophene rings is 1. The minimum atomic E-state index is -4.53. The maximum atomic E-state index is 12.6. The van der Waals surface area contributed by atoms with E-state index in [4.69, 9.17) is 0 Å². The number of sulfonamides is 1. The van der Waals surface area contributed by atoms with Gasteiger partial charge in [0, 0.05) is 11.4 Å². The molecule has 1 saturated carbocycles. The minimum absolute atomic E-state index is 0.0264. The Kier molecular flexibility index (Phi) is 4.69. The SMILES string of the molecule is O=S(=O)(NCC(O)(c1cccs1)C1CC1)c1ccc(C(F)(F)F)cc1. The van der Waals surface area contributed by atoms with Crippen LogP contribution in [0.5, 0.6) is 0 Å². The number of aliphatic hydroxyl groups is 1. The summed E-state index contributed by atoms with van der Waals surface area (Å²) in [5.74, 6) is -0.0264. The van der Waals surface area contributed by atoms with Gasteiger partial charge in [0.25, 0.3) is 0 Å². The summed E-state index contributed by atoms with van der Waals surface area (Å²) in [5, 5.41) is 12.7. The monoisotopic (exact) mass is 391 g/mol. The molecule has 1 aliphatic rings. The van der Waals surface area contributed by atoms with Gasteiger partial charge in [-0.25, -0.2) is 13.1 Å². The first-order chi connectivity index (χ1) is 11.6. The second kappa shape index (κ2) is 6.39. The van der Waals surface area contributed by atoms with E-state index in [9.17, 15) is 26.7 Å². The molecule has 25 heavy (non-hydrogen) atoms. The average molecular weight is 391 g/mol. The van der Waals surface area contributed by atoms with E-state index >= 15 is 0 Å². The molecule has 3 rings (SSSR count). The zero-order valence-corrected chi connectivity index (χ0v) is 14.6. The van der Waals surface area contributed by atoms with Gasteiger partial charge in [-0.1, -0.05) is 6.07 Å². The van der Waals surface area contributed by atoms with Gasteiger partial charge in [0.1, 0.15) is 5.60 Å². The summed E-state index contributed by atoms with van der Waals surface area (Å²) < 4.78 is 64.8. The van der Waals surface area contributed by atoms with Gasteiger partial charge in [0.2, 0.25) is 10.0 Å². The number of halogens is 3. The molecule has 0 saturated heterocycles. The molecule has 0 amide bonds. The highest BCUT2D eigenvalue weighted by molar-refractivity contribution is 7.89. The van der Waals surface area contributed by atoms with Crippen molar-refractivity contribution in [2.24, 2.45) is 5.92 Å². The van der Waals surface area contributed by atoms with Crippen molar-refractivity contribution in [3.05, 3.63) is 52.2 Å². The van der Waals surface area contributed by atoms with Gasteiger partial charge in [-0.05, 0) is 54.5 Å². The third kappa shape index (κ3) is 3.89. The van der Waals surface area contributed by atoms with E-state index in [1.54, 1.807) is 17.5 Å². The molecule has 9 heteroatoms. The Bertz CT molecular complexity index is 829. The van der Waals surface area contributed by atoms with Crippen LogP contribution in [0.25, 0.3) is 0 Å². The molecule has 0 radical (unpaired) electrons. The minimum Gasteiger partial charge on any atom is -0.383 e. The molecule has 1 unspecified atom stereocenters. The molecule has 1 fully saturated rings. The topological polar surface area (TPSA) is 66.4 Å². The molecule has 2 aromatic rings. The Morgan fingerprint density at radius 1 is 1.16 bits per heavy atom. The van der Waals surface area contributed by atoms with Crippen LogP contribution in [-0.4, -0.2) is 20.1 Å². The molecule has 1 aromatic carbocycles. The quantitative estimate of drug-likeness (QED) is 0.794. The third-order valence-electron chi connectivity index (χ3n) is 4.22. The highest BCUT2D eigenvalue weighted by atomic mass is 32.2. The summed E-state index contributed by atoms with van der Waals surface area (Å²) in [5.41, 5.74) is -2.22. The van der Waals surface area contributed by atoms with Crippen molar-refractivity contribution in [2.45, 2.75) is 29.5 Å². The number of benzene rings is 1. The normalized spacial score (nSPS) is 18.1. The lowest BCUT2D eigenvalue weighted by atomic mass is 9.96. The van der Waals surface area contributed by atoms with Gasteiger partial charge in [0.15, 0.2) is 0 Å². The van der Waals surface area contributed by atoms with Crippen LogP contribution in [0.15, 0.2) is 46.7 Å². The summed E-state index contributed by atoms with van der Waals surface area (Å²) in [4.78, 5) is 0.398. The largest absolute Gasteiger partial charge is 0.416 e. The molecule has 1 aliphatic carbocycles. The van der Waals surface area contributed by atoms with Crippen LogP contribution in [0.4, 0.5) is 13.2 Å². The predicted molar refractivity (Wildman–Crippen MR) is 87.6 cm³/mol. The van der Waals surface area contributed by atoms with Crippen LogP contribution in [0.2, 0.25) is 0 Å². The Morgan fingerprint density at radius 3 is 2.28 bits per heavy atom. The summed E-state index contributed by atoms with van der Waals surface area (Å²) in [6.45, 7) is -0.221. The molecule has 1 aromatic heterocycles. The van der Waals surface area contributed by atoms with E-state index in [-0.39, 0.29) is 17.4 Å². The molecule has 1 heterocycles. The maximum absolute atomic E-state index is 12.6. The lowest BCUT2D eigenvalue weighted by molar-refractivity contribution is -0.137. The lowest BCUT2D eigenvalue weighted by Crippen LogP contribution is -2.41. The average Bonchev–Trinajstić information content (AvgIpc) is 3.27. The highest BCUT2D eigenvalue weighted by Crippen LogP contribution is 2.46. The molecule has 1 atom stereocenters. The van der Waals surface area contributed by atoms with E-state index in [0.717, 1.165) is 37.1 Å². The molecule has 136 valence electrons. The van der Waals surface area contributed by atoms with Crippen LogP contribution >= 0.6 is 11.3 Å². The van der Waals surface area contributed by atoms with Crippen LogP contribution < -0.4 is 4.72 Å². The number of alkyl halides is 3. The van der Waals surface area contributed by atoms with Crippen molar-refractivity contribution in [3.63, 3.8) is 0 Å². The fourth-order valence-electron chi connectivity index (χ4n) is 2.63. The van der Waals surface area contributed by atoms with E-state index in [0.29, 0.717) is 4.88 Å². The fourth-order valence-corrected chi connectivity index (χ4v) is 4.60. The molecular weight excluding hydrogens is 375 g/mol. The Labute approximate surface area is 147 Å². The molecule has 2 N–H and O–H groups in total. The van der Waals surface area contributed by atoms with Gasteiger partial charge in [-0.3, -0.25) is 0 Å². The van der Waals surface area contributed by atoms with Crippen molar-refractivity contribution in [1.82, 2.24) is 4.72 Å². The number of hydrogen-bond donors (Lipinski definition) is 2. The van der Waals surface area contributed by atoms with Crippen molar-refractivity contribution >= 4 is 21.4 Å². The van der Waals surface area contributed by atoms with Crippen molar-refractivity contribution in [1.29, 1.82) is 0 Å². The van der Waals surface area contributed by atoms with Crippen molar-refractivity contribution < 1.29 is 26.7 Å². The second-order valence-electron chi connectivity index (χ2n) is 6.02. The number of rotatable bonds is 6. The van der Waals surface area contributed by atoms with Crippen molar-refractivity contribution in [3.8, 4) is 0 Å². The lowest BCUT2D eigenvalue weighted by Gasteiger charge is -2.27. The smallest absolute Gasteiger partial charge is 0.383 e. The van der Waals surface area contributed by atoms with E-state index in [1.807, 2.05) is 0 Å².